The molecule has 0 saturated carbocycles. The molecule has 0 aliphatic rings. The number of hydrogen-bond donors (Lipinski definition) is 2. The zero-order chi connectivity index (χ0) is 19.1. The quantitative estimate of drug-likeness (QED) is 0.583. The van der Waals surface area contributed by atoms with Crippen LogP contribution in [0.4, 0.5) is 5.82 Å². The van der Waals surface area contributed by atoms with Gasteiger partial charge in [-0.25, -0.2) is 14.6 Å². The van der Waals surface area contributed by atoms with Gasteiger partial charge in [0.25, 0.3) is 0 Å². The van der Waals surface area contributed by atoms with Crippen LogP contribution in [0.1, 0.15) is 17.7 Å². The van der Waals surface area contributed by atoms with E-state index >= 15 is 0 Å². The number of nitrogens with one attached hydrogen (secondary N) is 2. The second-order valence-electron chi connectivity index (χ2n) is 6.07. The van der Waals surface area contributed by atoms with Crippen LogP contribution in [0.25, 0.3) is 5.82 Å². The fourth-order valence-corrected chi connectivity index (χ4v) is 2.76. The average Bonchev–Trinajstić information content (AvgIpc) is 3.10. The molecule has 0 bridgehead atoms. The molecule has 3 rings (SSSR count). The lowest BCUT2D eigenvalue weighted by molar-refractivity contribution is -0.120. The fraction of sp³-hybridized carbons (Fsp3) is 0.263. The van der Waals surface area contributed by atoms with E-state index in [1.807, 2.05) is 49.5 Å². The smallest absolute Gasteiger partial charge is 0.220 e. The molecule has 8 heteroatoms. The highest BCUT2D eigenvalue weighted by Gasteiger charge is 2.04. The number of rotatable bonds is 8. The van der Waals surface area contributed by atoms with Gasteiger partial charge in [-0.05, 0) is 37.1 Å². The molecular formula is C19H21ClN6O. The van der Waals surface area contributed by atoms with E-state index in [1.54, 1.807) is 4.68 Å². The van der Waals surface area contributed by atoms with Crippen molar-refractivity contribution in [3.8, 4) is 5.82 Å². The Morgan fingerprint density at radius 2 is 2.07 bits per heavy atom. The van der Waals surface area contributed by atoms with Crippen molar-refractivity contribution in [2.45, 2.75) is 19.8 Å². The van der Waals surface area contributed by atoms with Gasteiger partial charge < -0.3 is 10.6 Å². The van der Waals surface area contributed by atoms with Crippen molar-refractivity contribution >= 4 is 23.3 Å². The topological polar surface area (TPSA) is 84.7 Å². The molecule has 2 heterocycles. The van der Waals surface area contributed by atoms with Crippen LogP contribution in [0.2, 0.25) is 5.02 Å². The van der Waals surface area contributed by atoms with Crippen LogP contribution in [-0.4, -0.2) is 38.7 Å². The molecule has 0 fully saturated rings. The SMILES string of the molecule is Cc1ccn(-c2cc(NCCNC(=O)CCc3cccc(Cl)c3)ncn2)n1. The summed E-state index contributed by atoms with van der Waals surface area (Å²) < 4.78 is 1.69. The van der Waals surface area contributed by atoms with E-state index in [4.69, 9.17) is 11.6 Å². The number of carbonyl (C=O) groups is 1. The van der Waals surface area contributed by atoms with Crippen molar-refractivity contribution in [3.05, 3.63) is 65.2 Å². The second kappa shape index (κ2) is 9.14. The van der Waals surface area contributed by atoms with Crippen LogP contribution in [0.3, 0.4) is 0 Å². The zero-order valence-electron chi connectivity index (χ0n) is 15.0. The summed E-state index contributed by atoms with van der Waals surface area (Å²) in [4.78, 5) is 20.3. The van der Waals surface area contributed by atoms with Gasteiger partial charge in [0, 0.05) is 36.8 Å². The Hall–Kier alpha value is -2.93. The number of nitrogens with zero attached hydrogens (tertiary/aromatic N) is 4. The third-order valence-corrected chi connectivity index (χ3v) is 4.13. The summed E-state index contributed by atoms with van der Waals surface area (Å²) in [6, 6.07) is 11.3. The van der Waals surface area contributed by atoms with Crippen LogP contribution in [0.5, 0.6) is 0 Å². The molecular weight excluding hydrogens is 364 g/mol. The van der Waals surface area contributed by atoms with Crippen LogP contribution < -0.4 is 10.6 Å². The standard InChI is InChI=1S/C19H21ClN6O/c1-14-7-10-26(25-14)18-12-17(23-13-24-18)21-8-9-22-19(27)6-5-15-3-2-4-16(20)11-15/h2-4,7,10-13H,5-6,8-9H2,1H3,(H,22,27)(H,21,23,24). The van der Waals surface area contributed by atoms with Crippen molar-refractivity contribution in [3.63, 3.8) is 0 Å². The minimum atomic E-state index is 0.00664. The van der Waals surface area contributed by atoms with Crippen LogP contribution in [0, 0.1) is 6.92 Å². The van der Waals surface area contributed by atoms with Gasteiger partial charge in [-0.3, -0.25) is 4.79 Å². The van der Waals surface area contributed by atoms with Gasteiger partial charge in [0.05, 0.1) is 5.69 Å². The van der Waals surface area contributed by atoms with Gasteiger partial charge in [-0.1, -0.05) is 23.7 Å². The molecule has 3 aromatic rings. The molecule has 1 aromatic carbocycles. The minimum absolute atomic E-state index is 0.00664. The molecule has 0 radical (unpaired) electrons. The summed E-state index contributed by atoms with van der Waals surface area (Å²) in [5.74, 6) is 1.37. The van der Waals surface area contributed by atoms with E-state index in [1.165, 1.54) is 6.33 Å². The van der Waals surface area contributed by atoms with Crippen molar-refractivity contribution in [1.82, 2.24) is 25.1 Å². The minimum Gasteiger partial charge on any atom is -0.368 e. The number of anilines is 1. The maximum atomic E-state index is 11.9. The molecule has 140 valence electrons. The van der Waals surface area contributed by atoms with Crippen molar-refractivity contribution < 1.29 is 4.79 Å². The molecule has 0 atom stereocenters. The molecule has 0 unspecified atom stereocenters. The van der Waals surface area contributed by atoms with E-state index in [-0.39, 0.29) is 5.91 Å². The summed E-state index contributed by atoms with van der Waals surface area (Å²) in [5, 5.41) is 11.1. The monoisotopic (exact) mass is 384 g/mol. The maximum Gasteiger partial charge on any atom is 0.220 e. The lowest BCUT2D eigenvalue weighted by atomic mass is 10.1. The highest BCUT2D eigenvalue weighted by molar-refractivity contribution is 6.30. The second-order valence-corrected chi connectivity index (χ2v) is 6.51. The molecule has 2 aromatic heterocycles. The number of amides is 1. The first-order valence-corrected chi connectivity index (χ1v) is 9.08. The van der Waals surface area contributed by atoms with Crippen LogP contribution >= 0.6 is 11.6 Å². The summed E-state index contributed by atoms with van der Waals surface area (Å²) in [6.45, 7) is 3.00. The number of carbonyl (C=O) groups excluding carboxylic acids is 1. The Bertz CT molecular complexity index is 910. The summed E-state index contributed by atoms with van der Waals surface area (Å²) >= 11 is 5.95. The number of aryl methyl sites for hydroxylation is 2. The highest BCUT2D eigenvalue weighted by Crippen LogP contribution is 2.12. The van der Waals surface area contributed by atoms with E-state index < -0.39 is 0 Å². The Kier molecular flexibility index (Phi) is 6.38. The lowest BCUT2D eigenvalue weighted by Crippen LogP contribution is -2.29. The van der Waals surface area contributed by atoms with Gasteiger partial charge in [0.1, 0.15) is 12.1 Å². The van der Waals surface area contributed by atoms with Gasteiger partial charge >= 0.3 is 0 Å². The van der Waals surface area contributed by atoms with Crippen molar-refractivity contribution in [1.29, 1.82) is 0 Å². The first-order chi connectivity index (χ1) is 13.1. The normalized spacial score (nSPS) is 10.6. The highest BCUT2D eigenvalue weighted by atomic mass is 35.5. The van der Waals surface area contributed by atoms with Gasteiger partial charge in [-0.15, -0.1) is 0 Å². The van der Waals surface area contributed by atoms with E-state index in [0.717, 1.165) is 11.3 Å². The van der Waals surface area contributed by atoms with Crippen LogP contribution in [0.15, 0.2) is 48.9 Å². The molecule has 7 nitrogen and oxygen atoms in total. The van der Waals surface area contributed by atoms with Crippen molar-refractivity contribution in [2.24, 2.45) is 0 Å². The molecule has 0 spiro atoms. The first kappa shape index (κ1) is 18.8. The Morgan fingerprint density at radius 3 is 2.85 bits per heavy atom. The summed E-state index contributed by atoms with van der Waals surface area (Å²) in [7, 11) is 0. The molecule has 1 amide bonds. The van der Waals surface area contributed by atoms with E-state index in [9.17, 15) is 4.79 Å². The van der Waals surface area contributed by atoms with E-state index in [0.29, 0.717) is 42.6 Å². The Morgan fingerprint density at radius 1 is 1.19 bits per heavy atom. The molecule has 0 aliphatic heterocycles. The molecule has 2 N–H and O–H groups in total. The maximum absolute atomic E-state index is 11.9. The number of hydrogen-bond acceptors (Lipinski definition) is 5. The molecule has 0 aliphatic carbocycles. The van der Waals surface area contributed by atoms with E-state index in [2.05, 4.69) is 25.7 Å². The number of halogens is 1. The predicted molar refractivity (Wildman–Crippen MR) is 105 cm³/mol. The largest absolute Gasteiger partial charge is 0.368 e. The number of aromatic nitrogens is 4. The Balaban J connectivity index is 1.40. The predicted octanol–water partition coefficient (Wildman–Crippen LogP) is 2.79. The van der Waals surface area contributed by atoms with Gasteiger partial charge in [0.15, 0.2) is 5.82 Å². The first-order valence-electron chi connectivity index (χ1n) is 8.70. The van der Waals surface area contributed by atoms with Gasteiger partial charge in [-0.2, -0.15) is 5.10 Å². The van der Waals surface area contributed by atoms with Gasteiger partial charge in [0.2, 0.25) is 5.91 Å². The van der Waals surface area contributed by atoms with Crippen LogP contribution in [-0.2, 0) is 11.2 Å². The average molecular weight is 385 g/mol. The number of benzene rings is 1. The zero-order valence-corrected chi connectivity index (χ0v) is 15.8. The fourth-order valence-electron chi connectivity index (χ4n) is 2.54. The lowest BCUT2D eigenvalue weighted by Gasteiger charge is -2.08. The molecule has 0 saturated heterocycles. The summed E-state index contributed by atoms with van der Waals surface area (Å²) in [5.41, 5.74) is 1.97. The Labute approximate surface area is 162 Å². The third kappa shape index (κ3) is 5.79. The molecule has 27 heavy (non-hydrogen) atoms. The third-order valence-electron chi connectivity index (χ3n) is 3.89. The van der Waals surface area contributed by atoms with Crippen molar-refractivity contribution in [2.75, 3.05) is 18.4 Å². The summed E-state index contributed by atoms with van der Waals surface area (Å²) in [6.07, 6.45) is 4.43.